The second kappa shape index (κ2) is 14.1. The van der Waals surface area contributed by atoms with Crippen LogP contribution in [0.5, 0.6) is 5.75 Å². The Morgan fingerprint density at radius 2 is 1.70 bits per heavy atom. The van der Waals surface area contributed by atoms with E-state index in [2.05, 4.69) is 60.0 Å². The second-order valence-electron chi connectivity index (χ2n) is 10.7. The number of phenolic OH excluding ortho intramolecular Hbond substituents is 1. The van der Waals surface area contributed by atoms with E-state index < -0.39 is 11.7 Å². The number of rotatable bonds is 10. The number of amides is 1. The van der Waals surface area contributed by atoms with Gasteiger partial charge in [0.25, 0.3) is 5.91 Å². The molecule has 2 aromatic carbocycles. The first-order chi connectivity index (χ1) is 20.8. The van der Waals surface area contributed by atoms with E-state index in [0.717, 1.165) is 44.6 Å². The molecule has 0 unspecified atom stereocenters. The quantitative estimate of drug-likeness (QED) is 0.216. The van der Waals surface area contributed by atoms with Crippen molar-refractivity contribution < 1.29 is 19.4 Å². The predicted molar refractivity (Wildman–Crippen MR) is 164 cm³/mol. The summed E-state index contributed by atoms with van der Waals surface area (Å²) in [6, 6.07) is 11.1. The largest absolute Gasteiger partial charge is 0.505 e. The molecule has 0 spiro atoms. The van der Waals surface area contributed by atoms with Crippen LogP contribution in [0.25, 0.3) is 0 Å². The summed E-state index contributed by atoms with van der Waals surface area (Å²) in [6.45, 7) is 8.15. The molecule has 0 radical (unpaired) electrons. The molecule has 2 fully saturated rings. The van der Waals surface area contributed by atoms with E-state index in [1.807, 2.05) is 12.1 Å². The maximum Gasteiger partial charge on any atom is 0.273 e. The minimum absolute atomic E-state index is 0.00479. The third kappa shape index (κ3) is 7.80. The Kier molecular flexibility index (Phi) is 10.1. The van der Waals surface area contributed by atoms with Gasteiger partial charge in [0.2, 0.25) is 5.95 Å². The number of phenols is 1. The third-order valence-electron chi connectivity index (χ3n) is 7.70. The molecule has 3 aromatic rings. The van der Waals surface area contributed by atoms with Gasteiger partial charge in [-0.15, -0.1) is 0 Å². The van der Waals surface area contributed by atoms with Crippen molar-refractivity contribution >= 4 is 40.6 Å². The standard InChI is InChI=1S/C29H37ClFN9O3/c1-37-8-10-39(11-9-37)19-20-2-4-21(5-3-20)33-24-7-6-22(26(42)25(24)30)28(43)35-36-29-32-18-23(31)27(34-29)40-14-12-38(13-15-40)16-17-41/h2-7,18,33,41-42H,8-17,19H2,1H3,(H,35,43)(H,32,34,36). The number of hydrogen-bond donors (Lipinski definition) is 5. The van der Waals surface area contributed by atoms with Crippen molar-refractivity contribution in [2.45, 2.75) is 6.54 Å². The van der Waals surface area contributed by atoms with Gasteiger partial charge in [-0.25, -0.2) is 9.37 Å². The Balaban J connectivity index is 1.17. The van der Waals surface area contributed by atoms with Gasteiger partial charge in [0.15, 0.2) is 11.6 Å². The fourth-order valence-corrected chi connectivity index (χ4v) is 5.31. The highest BCUT2D eigenvalue weighted by Gasteiger charge is 2.22. The summed E-state index contributed by atoms with van der Waals surface area (Å²) in [4.78, 5) is 29.6. The average Bonchev–Trinajstić information content (AvgIpc) is 3.01. The molecule has 2 saturated heterocycles. The van der Waals surface area contributed by atoms with Crippen molar-refractivity contribution in [1.82, 2.24) is 30.1 Å². The lowest BCUT2D eigenvalue weighted by Crippen LogP contribution is -2.47. The molecule has 3 heterocycles. The van der Waals surface area contributed by atoms with Gasteiger partial charge in [-0.05, 0) is 36.9 Å². The number of aliphatic hydroxyl groups excluding tert-OH is 1. The van der Waals surface area contributed by atoms with Crippen LogP contribution < -0.4 is 21.1 Å². The number of anilines is 4. The Hall–Kier alpha value is -3.75. The zero-order valence-electron chi connectivity index (χ0n) is 24.1. The summed E-state index contributed by atoms with van der Waals surface area (Å²) in [5.74, 6) is -1.54. The zero-order valence-corrected chi connectivity index (χ0v) is 24.8. The van der Waals surface area contributed by atoms with E-state index in [1.54, 1.807) is 11.0 Å². The molecule has 230 valence electrons. The molecule has 0 saturated carbocycles. The highest BCUT2D eigenvalue weighted by atomic mass is 35.5. The summed E-state index contributed by atoms with van der Waals surface area (Å²) in [7, 11) is 2.14. The van der Waals surface area contributed by atoms with E-state index in [4.69, 9.17) is 16.7 Å². The molecule has 43 heavy (non-hydrogen) atoms. The summed E-state index contributed by atoms with van der Waals surface area (Å²) in [5, 5.41) is 23.0. The number of benzene rings is 2. The second-order valence-corrected chi connectivity index (χ2v) is 11.1. The van der Waals surface area contributed by atoms with Crippen LogP contribution in [-0.2, 0) is 6.54 Å². The smallest absolute Gasteiger partial charge is 0.273 e. The summed E-state index contributed by atoms with van der Waals surface area (Å²) in [5.41, 5.74) is 7.40. The number of nitrogens with one attached hydrogen (secondary N) is 3. The maximum absolute atomic E-state index is 14.5. The average molecular weight is 614 g/mol. The minimum Gasteiger partial charge on any atom is -0.505 e. The van der Waals surface area contributed by atoms with Crippen molar-refractivity contribution in [3.63, 3.8) is 0 Å². The number of hydrogen-bond acceptors (Lipinski definition) is 11. The van der Waals surface area contributed by atoms with Crippen molar-refractivity contribution in [2.24, 2.45) is 0 Å². The molecule has 0 bridgehead atoms. The number of carbonyl (C=O) groups excluding carboxylic acids is 1. The van der Waals surface area contributed by atoms with Gasteiger partial charge >= 0.3 is 0 Å². The number of aromatic hydroxyl groups is 1. The van der Waals surface area contributed by atoms with Crippen LogP contribution in [-0.4, -0.2) is 113 Å². The molecular weight excluding hydrogens is 577 g/mol. The fraction of sp³-hybridized carbons (Fsp3) is 0.414. The number of aromatic nitrogens is 2. The van der Waals surface area contributed by atoms with Crippen molar-refractivity contribution in [3.8, 4) is 5.75 Å². The van der Waals surface area contributed by atoms with Crippen LogP contribution in [0.3, 0.4) is 0 Å². The maximum atomic E-state index is 14.5. The molecule has 14 heteroatoms. The van der Waals surface area contributed by atoms with Gasteiger partial charge in [-0.3, -0.25) is 25.4 Å². The molecular formula is C29H37ClFN9O3. The Labute approximate surface area is 255 Å². The number of nitrogens with zero attached hydrogens (tertiary/aromatic N) is 6. The Morgan fingerprint density at radius 1 is 1.00 bits per heavy atom. The van der Waals surface area contributed by atoms with Gasteiger partial charge in [0.1, 0.15) is 10.8 Å². The van der Waals surface area contributed by atoms with Crippen LogP contribution in [0.4, 0.5) is 27.5 Å². The van der Waals surface area contributed by atoms with Crippen LogP contribution in [0.15, 0.2) is 42.6 Å². The van der Waals surface area contributed by atoms with Gasteiger partial charge in [-0.1, -0.05) is 23.7 Å². The van der Waals surface area contributed by atoms with Crippen LogP contribution >= 0.6 is 11.6 Å². The number of carbonyl (C=O) groups is 1. The van der Waals surface area contributed by atoms with Gasteiger partial charge in [0, 0.05) is 71.1 Å². The number of aliphatic hydroxyl groups is 1. The van der Waals surface area contributed by atoms with E-state index in [-0.39, 0.29) is 34.7 Å². The predicted octanol–water partition coefficient (Wildman–Crippen LogP) is 2.34. The number of likely N-dealkylation sites (N-methyl/N-ethyl adjacent to an activating group) is 1. The first-order valence-corrected chi connectivity index (χ1v) is 14.6. The van der Waals surface area contributed by atoms with Crippen molar-refractivity contribution in [2.75, 3.05) is 88.2 Å². The Bertz CT molecular complexity index is 1400. The molecule has 0 atom stereocenters. The molecule has 2 aliphatic rings. The SMILES string of the molecule is CN1CCN(Cc2ccc(Nc3ccc(C(=O)NNc4ncc(F)c(N5CCN(CCO)CC5)n4)c(O)c3Cl)cc2)CC1. The number of hydrazine groups is 1. The normalized spacial score (nSPS) is 16.7. The molecule has 1 amide bonds. The molecule has 5 N–H and O–H groups in total. The lowest BCUT2D eigenvalue weighted by molar-refractivity contribution is 0.0959. The monoisotopic (exact) mass is 613 g/mol. The van der Waals surface area contributed by atoms with Crippen LogP contribution in [0, 0.1) is 5.82 Å². The van der Waals surface area contributed by atoms with Gasteiger partial charge < -0.3 is 25.3 Å². The lowest BCUT2D eigenvalue weighted by atomic mass is 10.1. The van der Waals surface area contributed by atoms with E-state index in [9.17, 15) is 14.3 Å². The van der Waals surface area contributed by atoms with Crippen LogP contribution in [0.1, 0.15) is 15.9 Å². The molecule has 1 aromatic heterocycles. The zero-order chi connectivity index (χ0) is 30.3. The van der Waals surface area contributed by atoms with Gasteiger partial charge in [0.05, 0.1) is 24.1 Å². The molecule has 12 nitrogen and oxygen atoms in total. The molecule has 0 aliphatic carbocycles. The Morgan fingerprint density at radius 3 is 2.40 bits per heavy atom. The topological polar surface area (TPSA) is 132 Å². The number of β-amino-alcohol motifs (C(OH)–C–C–N with tert-alkyl or cyclic N) is 1. The van der Waals surface area contributed by atoms with E-state index >= 15 is 0 Å². The van der Waals surface area contributed by atoms with Crippen molar-refractivity contribution in [1.29, 1.82) is 0 Å². The molecule has 5 rings (SSSR count). The minimum atomic E-state index is -0.675. The van der Waals surface area contributed by atoms with E-state index in [0.29, 0.717) is 38.4 Å². The highest BCUT2D eigenvalue weighted by Crippen LogP contribution is 2.36. The first-order valence-electron chi connectivity index (χ1n) is 14.3. The highest BCUT2D eigenvalue weighted by molar-refractivity contribution is 6.35. The third-order valence-corrected chi connectivity index (χ3v) is 8.08. The summed E-state index contributed by atoms with van der Waals surface area (Å²) < 4.78 is 14.5. The van der Waals surface area contributed by atoms with Gasteiger partial charge in [-0.2, -0.15) is 4.98 Å². The van der Waals surface area contributed by atoms with Crippen LogP contribution in [0.2, 0.25) is 5.02 Å². The van der Waals surface area contributed by atoms with Crippen molar-refractivity contribution in [3.05, 3.63) is 64.6 Å². The summed E-state index contributed by atoms with van der Waals surface area (Å²) in [6.07, 6.45) is 1.03. The molecule has 2 aliphatic heterocycles. The van der Waals surface area contributed by atoms with E-state index in [1.165, 1.54) is 11.6 Å². The lowest BCUT2D eigenvalue weighted by Gasteiger charge is -2.35. The summed E-state index contributed by atoms with van der Waals surface area (Å²) >= 11 is 6.42. The number of halogens is 2. The fourth-order valence-electron chi connectivity index (χ4n) is 5.10. The number of piperazine rings is 2. The first kappa shape index (κ1) is 30.7.